The van der Waals surface area contributed by atoms with Crippen LogP contribution in [0.3, 0.4) is 0 Å². The van der Waals surface area contributed by atoms with Crippen molar-refractivity contribution in [1.29, 1.82) is 0 Å². The predicted octanol–water partition coefficient (Wildman–Crippen LogP) is 4.19. The molecule has 4 nitrogen and oxygen atoms in total. The van der Waals surface area contributed by atoms with Gasteiger partial charge in [0.2, 0.25) is 0 Å². The minimum absolute atomic E-state index is 0.205. The quantitative estimate of drug-likeness (QED) is 0.574. The van der Waals surface area contributed by atoms with Crippen LogP contribution in [0.5, 0.6) is 0 Å². The molecule has 2 aromatic rings. The lowest BCUT2D eigenvalue weighted by Gasteiger charge is -2.32. The molecule has 1 aromatic heterocycles. The average Bonchev–Trinajstić information content (AvgIpc) is 2.49. The van der Waals surface area contributed by atoms with Gasteiger partial charge >= 0.3 is 12.4 Å². The molecule has 0 aliphatic rings. The number of hydrogen-bond acceptors (Lipinski definition) is 4. The molecule has 1 unspecified atom stereocenters. The first-order chi connectivity index (χ1) is 12.6. The lowest BCUT2D eigenvalue weighted by molar-refractivity contribution is -0.142. The van der Waals surface area contributed by atoms with Crippen LogP contribution < -0.4 is 5.32 Å². The molecule has 2 rings (SSSR count). The van der Waals surface area contributed by atoms with Gasteiger partial charge in [-0.3, -0.25) is 5.32 Å². The van der Waals surface area contributed by atoms with Crippen molar-refractivity contribution in [3.05, 3.63) is 41.1 Å². The molecular weight excluding hydrogens is 388 g/mol. The second-order valence-electron chi connectivity index (χ2n) is 7.46. The lowest BCUT2D eigenvalue weighted by Crippen LogP contribution is -2.48. The van der Waals surface area contributed by atoms with E-state index in [-0.39, 0.29) is 10.9 Å². The maximum absolute atomic E-state index is 13.3. The summed E-state index contributed by atoms with van der Waals surface area (Å²) in [5.74, 6) is 0. The summed E-state index contributed by atoms with van der Waals surface area (Å²) in [6, 6.07) is 3.51. The number of halogens is 6. The SMILES string of the molecule is CN(C)CC(C)(C)NC(O)c1cc(C(F)(F)F)nc2c(C(F)(F)F)cccc12. The van der Waals surface area contributed by atoms with Gasteiger partial charge in [-0.25, -0.2) is 4.98 Å². The van der Waals surface area contributed by atoms with E-state index in [4.69, 9.17) is 0 Å². The Kier molecular flexibility index (Phi) is 5.99. The number of aromatic nitrogens is 1. The van der Waals surface area contributed by atoms with Gasteiger partial charge in [-0.2, -0.15) is 26.3 Å². The number of aliphatic hydroxyl groups is 1. The molecule has 0 saturated heterocycles. The van der Waals surface area contributed by atoms with Gasteiger partial charge in [0.15, 0.2) is 0 Å². The Labute approximate surface area is 158 Å². The number of likely N-dealkylation sites (N-methyl/N-ethyl adjacent to an activating group) is 1. The number of benzene rings is 1. The molecule has 1 aromatic carbocycles. The number of nitrogens with one attached hydrogen (secondary N) is 1. The molecule has 0 spiro atoms. The first-order valence-corrected chi connectivity index (χ1v) is 8.30. The van der Waals surface area contributed by atoms with E-state index in [2.05, 4.69) is 10.3 Å². The van der Waals surface area contributed by atoms with Crippen LogP contribution in [0.15, 0.2) is 24.3 Å². The summed E-state index contributed by atoms with van der Waals surface area (Å²) in [6.45, 7) is 3.85. The van der Waals surface area contributed by atoms with E-state index >= 15 is 0 Å². The summed E-state index contributed by atoms with van der Waals surface area (Å²) in [4.78, 5) is 5.01. The molecule has 0 fully saturated rings. The smallest absolute Gasteiger partial charge is 0.374 e. The van der Waals surface area contributed by atoms with Gasteiger partial charge < -0.3 is 10.0 Å². The highest BCUT2D eigenvalue weighted by Crippen LogP contribution is 2.38. The fourth-order valence-electron chi connectivity index (χ4n) is 3.16. The number of nitrogens with zero attached hydrogens (tertiary/aromatic N) is 2. The van der Waals surface area contributed by atoms with Crippen LogP contribution >= 0.6 is 0 Å². The number of fused-ring (bicyclic) bond motifs is 1. The molecule has 0 aliphatic carbocycles. The number of alkyl halides is 6. The molecule has 0 aliphatic heterocycles. The molecule has 0 amide bonds. The van der Waals surface area contributed by atoms with Crippen molar-refractivity contribution in [2.45, 2.75) is 38.0 Å². The minimum atomic E-state index is -4.97. The van der Waals surface area contributed by atoms with E-state index < -0.39 is 40.9 Å². The Morgan fingerprint density at radius 2 is 1.68 bits per heavy atom. The van der Waals surface area contributed by atoms with E-state index in [1.165, 1.54) is 6.07 Å². The highest BCUT2D eigenvalue weighted by molar-refractivity contribution is 5.86. The van der Waals surface area contributed by atoms with Crippen molar-refractivity contribution in [2.75, 3.05) is 20.6 Å². The predicted molar refractivity (Wildman–Crippen MR) is 92.5 cm³/mol. The molecule has 156 valence electrons. The monoisotopic (exact) mass is 409 g/mol. The summed E-state index contributed by atoms with van der Waals surface area (Å²) in [5, 5.41) is 13.1. The van der Waals surface area contributed by atoms with Gasteiger partial charge in [0.05, 0.1) is 11.1 Å². The second kappa shape index (κ2) is 7.49. The van der Waals surface area contributed by atoms with Crippen LogP contribution in [0.25, 0.3) is 10.9 Å². The number of hydrogen-bond donors (Lipinski definition) is 2. The fraction of sp³-hybridized carbons (Fsp3) is 0.500. The van der Waals surface area contributed by atoms with Gasteiger partial charge in [0, 0.05) is 23.0 Å². The highest BCUT2D eigenvalue weighted by atomic mass is 19.4. The lowest BCUT2D eigenvalue weighted by atomic mass is 9.99. The summed E-state index contributed by atoms with van der Waals surface area (Å²) in [6.07, 6.45) is -11.5. The molecule has 2 N–H and O–H groups in total. The fourth-order valence-corrected chi connectivity index (χ4v) is 3.16. The van der Waals surface area contributed by atoms with Gasteiger partial charge in [-0.15, -0.1) is 0 Å². The third-order valence-corrected chi connectivity index (χ3v) is 4.00. The Bertz CT molecular complexity index is 846. The average molecular weight is 409 g/mol. The second-order valence-corrected chi connectivity index (χ2v) is 7.46. The minimum Gasteiger partial charge on any atom is -0.374 e. The van der Waals surface area contributed by atoms with Gasteiger partial charge in [0.25, 0.3) is 0 Å². The third-order valence-electron chi connectivity index (χ3n) is 4.00. The summed E-state index contributed by atoms with van der Waals surface area (Å²) < 4.78 is 79.6. The Morgan fingerprint density at radius 1 is 1.07 bits per heavy atom. The van der Waals surface area contributed by atoms with Gasteiger partial charge in [-0.1, -0.05) is 12.1 Å². The van der Waals surface area contributed by atoms with Crippen molar-refractivity contribution < 1.29 is 31.4 Å². The van der Waals surface area contributed by atoms with Crippen LogP contribution in [-0.4, -0.2) is 41.2 Å². The maximum atomic E-state index is 13.3. The third kappa shape index (κ3) is 5.12. The zero-order valence-electron chi connectivity index (χ0n) is 15.7. The summed E-state index contributed by atoms with van der Waals surface area (Å²) in [7, 11) is 3.55. The van der Waals surface area contributed by atoms with E-state index in [1.54, 1.807) is 32.8 Å². The molecule has 28 heavy (non-hydrogen) atoms. The molecule has 10 heteroatoms. The highest BCUT2D eigenvalue weighted by Gasteiger charge is 2.38. The molecule has 1 heterocycles. The molecule has 0 bridgehead atoms. The first-order valence-electron chi connectivity index (χ1n) is 8.30. The van der Waals surface area contributed by atoms with E-state index in [0.29, 0.717) is 18.7 Å². The van der Waals surface area contributed by atoms with Crippen molar-refractivity contribution in [1.82, 2.24) is 15.2 Å². The summed E-state index contributed by atoms with van der Waals surface area (Å²) >= 11 is 0. The van der Waals surface area contributed by atoms with Crippen molar-refractivity contribution >= 4 is 10.9 Å². The Hall–Kier alpha value is -1.91. The van der Waals surface area contributed by atoms with Crippen LogP contribution in [0.2, 0.25) is 0 Å². The van der Waals surface area contributed by atoms with Crippen molar-refractivity contribution in [2.24, 2.45) is 0 Å². The normalized spacial score (nSPS) is 14.7. The topological polar surface area (TPSA) is 48.4 Å². The zero-order chi connectivity index (χ0) is 21.5. The Morgan fingerprint density at radius 3 is 2.18 bits per heavy atom. The first kappa shape index (κ1) is 22.4. The molecule has 0 saturated carbocycles. The van der Waals surface area contributed by atoms with E-state index in [1.807, 2.05) is 0 Å². The van der Waals surface area contributed by atoms with Crippen molar-refractivity contribution in [3.63, 3.8) is 0 Å². The molecule has 1 atom stereocenters. The Balaban J connectivity index is 2.67. The van der Waals surface area contributed by atoms with Crippen LogP contribution in [0, 0.1) is 0 Å². The number of pyridine rings is 1. The van der Waals surface area contributed by atoms with Crippen LogP contribution in [0.4, 0.5) is 26.3 Å². The van der Waals surface area contributed by atoms with Gasteiger partial charge in [-0.05, 0) is 40.1 Å². The maximum Gasteiger partial charge on any atom is 0.433 e. The molecular formula is C18H21F6N3O. The van der Waals surface area contributed by atoms with Crippen molar-refractivity contribution in [3.8, 4) is 0 Å². The zero-order valence-corrected chi connectivity index (χ0v) is 15.7. The van der Waals surface area contributed by atoms with Gasteiger partial charge in [0.1, 0.15) is 11.9 Å². The van der Waals surface area contributed by atoms with E-state index in [9.17, 15) is 31.4 Å². The molecule has 0 radical (unpaired) electrons. The standard InChI is InChI=1S/C18H21F6N3O/c1-16(2,9-27(3)4)26-15(28)11-8-13(18(22,23)24)25-14-10(11)6-5-7-12(14)17(19,20)21/h5-8,15,26,28H,9H2,1-4H3. The largest absolute Gasteiger partial charge is 0.433 e. The van der Waals surface area contributed by atoms with Crippen LogP contribution in [-0.2, 0) is 12.4 Å². The van der Waals surface area contributed by atoms with E-state index in [0.717, 1.165) is 6.07 Å². The number of rotatable bonds is 5. The summed E-state index contributed by atoms with van der Waals surface area (Å²) in [5.41, 5.74) is -4.71. The van der Waals surface area contributed by atoms with Crippen LogP contribution in [0.1, 0.15) is 36.9 Å². The number of para-hydroxylation sites is 1. The number of aliphatic hydroxyl groups excluding tert-OH is 1.